The summed E-state index contributed by atoms with van der Waals surface area (Å²) in [5, 5.41) is 14.9. The van der Waals surface area contributed by atoms with Crippen LogP contribution in [0.1, 0.15) is 44.0 Å². The second kappa shape index (κ2) is 9.31. The van der Waals surface area contributed by atoms with E-state index in [1.807, 2.05) is 18.2 Å². The van der Waals surface area contributed by atoms with E-state index in [4.69, 9.17) is 4.74 Å². The summed E-state index contributed by atoms with van der Waals surface area (Å²) in [6, 6.07) is 18.0. The Labute approximate surface area is 186 Å². The molecule has 0 bridgehead atoms. The van der Waals surface area contributed by atoms with Crippen LogP contribution in [0, 0.1) is 11.3 Å². The molecule has 32 heavy (non-hydrogen) atoms. The Balaban J connectivity index is 1.47. The van der Waals surface area contributed by atoms with Gasteiger partial charge in [-0.1, -0.05) is 18.2 Å². The van der Waals surface area contributed by atoms with Crippen LogP contribution < -0.4 is 15.4 Å². The monoisotopic (exact) mass is 426 g/mol. The molecular formula is C25H22N4O3. The van der Waals surface area contributed by atoms with Crippen LogP contribution in [0.2, 0.25) is 0 Å². The van der Waals surface area contributed by atoms with E-state index in [1.165, 1.54) is 11.8 Å². The maximum Gasteiger partial charge on any atom is 0.269 e. The van der Waals surface area contributed by atoms with Crippen molar-refractivity contribution in [3.63, 3.8) is 0 Å². The normalized spacial score (nSPS) is 14.6. The summed E-state index contributed by atoms with van der Waals surface area (Å²) < 4.78 is 5.95. The van der Waals surface area contributed by atoms with Gasteiger partial charge in [-0.25, -0.2) is 0 Å². The molecule has 7 nitrogen and oxygen atoms in total. The SMILES string of the molecule is CNC(=O)c1cc(Oc2ccc3c(c2)CC(NC(=O)c2ccccc2C#N)CC3)ccn1. The highest BCUT2D eigenvalue weighted by Gasteiger charge is 2.22. The van der Waals surface area contributed by atoms with Crippen molar-refractivity contribution in [3.05, 3.63) is 88.7 Å². The van der Waals surface area contributed by atoms with E-state index in [2.05, 4.69) is 21.7 Å². The van der Waals surface area contributed by atoms with Gasteiger partial charge in [-0.3, -0.25) is 14.6 Å². The third kappa shape index (κ3) is 4.60. The fraction of sp³-hybridized carbons (Fsp3) is 0.200. The number of carbonyl (C=O) groups excluding carboxylic acids is 2. The number of fused-ring (bicyclic) bond motifs is 1. The maximum atomic E-state index is 12.7. The fourth-order valence-corrected chi connectivity index (χ4v) is 3.82. The van der Waals surface area contributed by atoms with Crippen molar-refractivity contribution in [2.24, 2.45) is 0 Å². The zero-order chi connectivity index (χ0) is 22.5. The minimum Gasteiger partial charge on any atom is -0.457 e. The lowest BCUT2D eigenvalue weighted by atomic mass is 9.88. The molecule has 160 valence electrons. The topological polar surface area (TPSA) is 104 Å². The van der Waals surface area contributed by atoms with E-state index in [0.717, 1.165) is 18.4 Å². The summed E-state index contributed by atoms with van der Waals surface area (Å²) in [5.41, 5.74) is 3.37. The van der Waals surface area contributed by atoms with E-state index < -0.39 is 0 Å². The van der Waals surface area contributed by atoms with Gasteiger partial charge in [-0.15, -0.1) is 0 Å². The number of nitrogens with one attached hydrogen (secondary N) is 2. The predicted octanol–water partition coefficient (Wildman–Crippen LogP) is 3.39. The van der Waals surface area contributed by atoms with E-state index in [1.54, 1.807) is 43.4 Å². The Bertz CT molecular complexity index is 1220. The van der Waals surface area contributed by atoms with Gasteiger partial charge in [0.1, 0.15) is 17.2 Å². The number of ether oxygens (including phenoxy) is 1. The van der Waals surface area contributed by atoms with Gasteiger partial charge in [0.25, 0.3) is 11.8 Å². The highest BCUT2D eigenvalue weighted by molar-refractivity contribution is 5.96. The third-order valence-electron chi connectivity index (χ3n) is 5.46. The first-order chi connectivity index (χ1) is 15.6. The fourth-order valence-electron chi connectivity index (χ4n) is 3.82. The molecule has 0 saturated heterocycles. The number of hydrogen-bond acceptors (Lipinski definition) is 5. The molecule has 2 aromatic carbocycles. The Morgan fingerprint density at radius 1 is 1.06 bits per heavy atom. The minimum atomic E-state index is -0.280. The van der Waals surface area contributed by atoms with Crippen LogP contribution in [0.3, 0.4) is 0 Å². The molecule has 1 unspecified atom stereocenters. The number of amides is 2. The van der Waals surface area contributed by atoms with Gasteiger partial charge in [-0.2, -0.15) is 5.26 Å². The standard InChI is InChI=1S/C25H22N4O3/c1-27-25(31)23-14-21(10-11-28-23)32-20-9-7-16-6-8-19(12-18(16)13-20)29-24(30)22-5-3-2-4-17(22)15-26/h2-5,7,9-11,13-14,19H,6,8,12H2,1H3,(H,27,31)(H,29,30). The largest absolute Gasteiger partial charge is 0.457 e. The second-order valence-corrected chi connectivity index (χ2v) is 7.56. The number of nitrogens with zero attached hydrogens (tertiary/aromatic N) is 2. The number of rotatable bonds is 5. The molecule has 3 aromatic rings. The lowest BCUT2D eigenvalue weighted by Gasteiger charge is -2.26. The molecule has 2 amide bonds. The lowest BCUT2D eigenvalue weighted by molar-refractivity contribution is 0.0931. The van der Waals surface area contributed by atoms with Crippen molar-refractivity contribution in [1.82, 2.24) is 15.6 Å². The first-order valence-electron chi connectivity index (χ1n) is 10.3. The molecule has 1 atom stereocenters. The smallest absolute Gasteiger partial charge is 0.269 e. The molecule has 4 rings (SSSR count). The van der Waals surface area contributed by atoms with Crippen molar-refractivity contribution >= 4 is 11.8 Å². The first-order valence-corrected chi connectivity index (χ1v) is 10.3. The number of benzene rings is 2. The average molecular weight is 426 g/mol. The summed E-state index contributed by atoms with van der Waals surface area (Å²) in [7, 11) is 1.55. The average Bonchev–Trinajstić information content (AvgIpc) is 2.83. The number of pyridine rings is 1. The van der Waals surface area contributed by atoms with Gasteiger partial charge >= 0.3 is 0 Å². The minimum absolute atomic E-state index is 0.0298. The Morgan fingerprint density at radius 2 is 1.88 bits per heavy atom. The van der Waals surface area contributed by atoms with Crippen molar-refractivity contribution in [2.75, 3.05) is 7.05 Å². The summed E-state index contributed by atoms with van der Waals surface area (Å²) >= 11 is 0. The maximum absolute atomic E-state index is 12.7. The second-order valence-electron chi connectivity index (χ2n) is 7.56. The molecule has 1 aliphatic rings. The molecule has 0 fully saturated rings. The summed E-state index contributed by atoms with van der Waals surface area (Å²) in [6.07, 6.45) is 3.87. The number of carbonyl (C=O) groups is 2. The Hall–Kier alpha value is -4.18. The van der Waals surface area contributed by atoms with Crippen molar-refractivity contribution in [2.45, 2.75) is 25.3 Å². The van der Waals surface area contributed by atoms with Crippen LogP contribution in [-0.2, 0) is 12.8 Å². The number of aromatic nitrogens is 1. The van der Waals surface area contributed by atoms with Crippen molar-refractivity contribution in [1.29, 1.82) is 5.26 Å². The summed E-state index contributed by atoms with van der Waals surface area (Å²) in [5.74, 6) is 0.658. The zero-order valence-corrected chi connectivity index (χ0v) is 17.6. The van der Waals surface area contributed by atoms with Gasteiger partial charge < -0.3 is 15.4 Å². The molecule has 0 radical (unpaired) electrons. The quantitative estimate of drug-likeness (QED) is 0.651. The van der Waals surface area contributed by atoms with E-state index in [0.29, 0.717) is 29.0 Å². The number of nitriles is 1. The van der Waals surface area contributed by atoms with Crippen LogP contribution >= 0.6 is 0 Å². The van der Waals surface area contributed by atoms with Crippen LogP contribution in [0.15, 0.2) is 60.8 Å². The van der Waals surface area contributed by atoms with Gasteiger partial charge in [0.05, 0.1) is 17.2 Å². The molecule has 0 aliphatic heterocycles. The van der Waals surface area contributed by atoms with Crippen LogP contribution in [0.25, 0.3) is 0 Å². The first kappa shape index (κ1) is 21.1. The zero-order valence-electron chi connectivity index (χ0n) is 17.6. The van der Waals surface area contributed by atoms with Gasteiger partial charge in [-0.05, 0) is 60.7 Å². The number of aryl methyl sites for hydroxylation is 1. The van der Waals surface area contributed by atoms with Crippen molar-refractivity contribution in [3.8, 4) is 17.6 Å². The molecular weight excluding hydrogens is 404 g/mol. The highest BCUT2D eigenvalue weighted by atomic mass is 16.5. The lowest BCUT2D eigenvalue weighted by Crippen LogP contribution is -2.39. The van der Waals surface area contributed by atoms with Crippen LogP contribution in [-0.4, -0.2) is 29.9 Å². The molecule has 0 spiro atoms. The molecule has 1 aliphatic carbocycles. The van der Waals surface area contributed by atoms with E-state index in [9.17, 15) is 14.9 Å². The molecule has 1 heterocycles. The van der Waals surface area contributed by atoms with Crippen molar-refractivity contribution < 1.29 is 14.3 Å². The van der Waals surface area contributed by atoms with E-state index >= 15 is 0 Å². The molecule has 1 aromatic heterocycles. The molecule has 0 saturated carbocycles. The van der Waals surface area contributed by atoms with Gasteiger partial charge in [0.15, 0.2) is 0 Å². The summed E-state index contributed by atoms with van der Waals surface area (Å²) in [4.78, 5) is 28.5. The van der Waals surface area contributed by atoms with Gasteiger partial charge in [0.2, 0.25) is 0 Å². The predicted molar refractivity (Wildman–Crippen MR) is 119 cm³/mol. The Morgan fingerprint density at radius 3 is 2.69 bits per heavy atom. The van der Waals surface area contributed by atoms with Gasteiger partial charge in [0, 0.05) is 25.4 Å². The highest BCUT2D eigenvalue weighted by Crippen LogP contribution is 2.29. The summed E-state index contributed by atoms with van der Waals surface area (Å²) in [6.45, 7) is 0. The Kier molecular flexibility index (Phi) is 6.13. The van der Waals surface area contributed by atoms with Crippen LogP contribution in [0.4, 0.5) is 0 Å². The van der Waals surface area contributed by atoms with E-state index in [-0.39, 0.29) is 23.6 Å². The number of hydrogen-bond donors (Lipinski definition) is 2. The molecule has 2 N–H and O–H groups in total. The van der Waals surface area contributed by atoms with Crippen LogP contribution in [0.5, 0.6) is 11.5 Å². The third-order valence-corrected chi connectivity index (χ3v) is 5.46. The molecule has 7 heteroatoms.